The van der Waals surface area contributed by atoms with Crippen LogP contribution in [0.2, 0.25) is 0 Å². The van der Waals surface area contributed by atoms with Gasteiger partial charge in [0.1, 0.15) is 0 Å². The highest BCUT2D eigenvalue weighted by atomic mass is 16.5. The van der Waals surface area contributed by atoms with Crippen molar-refractivity contribution in [3.05, 3.63) is 35.7 Å². The number of amides is 1. The van der Waals surface area contributed by atoms with Crippen LogP contribution in [0.1, 0.15) is 49.5 Å². The highest BCUT2D eigenvalue weighted by Crippen LogP contribution is 2.32. The molecular weight excluding hydrogens is 302 g/mol. The van der Waals surface area contributed by atoms with Crippen LogP contribution in [-0.2, 0) is 4.79 Å². The Hall–Kier alpha value is -2.17. The Bertz CT molecular complexity index is 736. The molecule has 2 aliphatic rings. The number of carbonyl (C=O) groups excluding carboxylic acids is 1. The van der Waals surface area contributed by atoms with Crippen molar-refractivity contribution >= 4 is 5.91 Å². The Morgan fingerprint density at radius 3 is 2.88 bits per heavy atom. The van der Waals surface area contributed by atoms with Crippen LogP contribution >= 0.6 is 0 Å². The third-order valence-electron chi connectivity index (χ3n) is 5.25. The molecule has 1 atom stereocenters. The summed E-state index contributed by atoms with van der Waals surface area (Å²) in [5.74, 6) is 2.04. The summed E-state index contributed by atoms with van der Waals surface area (Å²) in [5.41, 5.74) is 2.15. The third-order valence-corrected chi connectivity index (χ3v) is 5.25. The SMILES string of the molecule is Cc1cccc(-c2noc([C@@H]3CCCN(C(=O)C4CCC4)C3)n2)c1. The lowest BCUT2D eigenvalue weighted by Gasteiger charge is -2.36. The van der Waals surface area contributed by atoms with Gasteiger partial charge in [0.05, 0.1) is 5.92 Å². The van der Waals surface area contributed by atoms with Gasteiger partial charge in [-0.2, -0.15) is 4.98 Å². The number of carbonyl (C=O) groups is 1. The maximum absolute atomic E-state index is 12.5. The van der Waals surface area contributed by atoms with Crippen LogP contribution in [0, 0.1) is 12.8 Å². The fraction of sp³-hybridized carbons (Fsp3) is 0.526. The highest BCUT2D eigenvalue weighted by Gasteiger charge is 2.34. The molecule has 5 nitrogen and oxygen atoms in total. The maximum Gasteiger partial charge on any atom is 0.231 e. The first-order valence-corrected chi connectivity index (χ1v) is 8.90. The van der Waals surface area contributed by atoms with E-state index in [1.807, 2.05) is 17.0 Å². The Kier molecular flexibility index (Phi) is 4.08. The number of aromatic nitrogens is 2. The third kappa shape index (κ3) is 2.95. The average molecular weight is 325 g/mol. The van der Waals surface area contributed by atoms with E-state index in [1.165, 1.54) is 12.0 Å². The Morgan fingerprint density at radius 1 is 1.25 bits per heavy atom. The van der Waals surface area contributed by atoms with Gasteiger partial charge in [0, 0.05) is 24.6 Å². The predicted molar refractivity (Wildman–Crippen MR) is 90.4 cm³/mol. The zero-order valence-electron chi connectivity index (χ0n) is 14.1. The van der Waals surface area contributed by atoms with Crippen LogP contribution in [0.15, 0.2) is 28.8 Å². The molecule has 0 N–H and O–H groups in total. The van der Waals surface area contributed by atoms with E-state index in [9.17, 15) is 4.79 Å². The fourth-order valence-electron chi connectivity index (χ4n) is 3.59. The molecule has 1 aromatic heterocycles. The topological polar surface area (TPSA) is 59.2 Å². The summed E-state index contributed by atoms with van der Waals surface area (Å²) in [6.07, 6.45) is 5.31. The monoisotopic (exact) mass is 325 g/mol. The molecule has 1 saturated carbocycles. The fourth-order valence-corrected chi connectivity index (χ4v) is 3.59. The number of aryl methyl sites for hydroxylation is 1. The molecule has 1 aliphatic heterocycles. The zero-order valence-corrected chi connectivity index (χ0v) is 14.1. The van der Waals surface area contributed by atoms with Crippen LogP contribution in [0.5, 0.6) is 0 Å². The lowest BCUT2D eigenvalue weighted by Crippen LogP contribution is -2.44. The Morgan fingerprint density at radius 2 is 2.12 bits per heavy atom. The molecule has 2 heterocycles. The van der Waals surface area contributed by atoms with Crippen LogP contribution in [-0.4, -0.2) is 34.0 Å². The minimum absolute atomic E-state index is 0.161. The second-order valence-corrected chi connectivity index (χ2v) is 7.08. The number of benzene rings is 1. The molecule has 24 heavy (non-hydrogen) atoms. The molecule has 5 heteroatoms. The van der Waals surface area contributed by atoms with Gasteiger partial charge in [0.15, 0.2) is 0 Å². The lowest BCUT2D eigenvalue weighted by atomic mass is 9.83. The standard InChI is InChI=1S/C19H23N3O2/c1-13-5-2-8-15(11-13)17-20-18(24-21-17)16-9-4-10-22(12-16)19(23)14-6-3-7-14/h2,5,8,11,14,16H,3-4,6-7,9-10,12H2,1H3/t16-/m1/s1. The molecule has 1 aromatic carbocycles. The van der Waals surface area contributed by atoms with E-state index in [-0.39, 0.29) is 11.8 Å². The van der Waals surface area contributed by atoms with Gasteiger partial charge < -0.3 is 9.42 Å². The van der Waals surface area contributed by atoms with Gasteiger partial charge in [-0.25, -0.2) is 0 Å². The number of hydrogen-bond donors (Lipinski definition) is 0. The summed E-state index contributed by atoms with van der Waals surface area (Å²) in [6.45, 7) is 3.63. The molecule has 1 aliphatic carbocycles. The molecule has 2 aromatic rings. The zero-order chi connectivity index (χ0) is 16.5. The smallest absolute Gasteiger partial charge is 0.231 e. The van der Waals surface area contributed by atoms with Crippen molar-refractivity contribution in [1.29, 1.82) is 0 Å². The predicted octanol–water partition coefficient (Wildman–Crippen LogP) is 3.55. The van der Waals surface area contributed by atoms with Gasteiger partial charge in [0.25, 0.3) is 0 Å². The molecule has 1 amide bonds. The van der Waals surface area contributed by atoms with Crippen molar-refractivity contribution in [2.45, 2.75) is 44.9 Å². The summed E-state index contributed by atoms with van der Waals surface area (Å²) in [4.78, 5) is 19.1. The van der Waals surface area contributed by atoms with Gasteiger partial charge in [-0.05, 0) is 38.7 Å². The lowest BCUT2D eigenvalue weighted by molar-refractivity contribution is -0.139. The van der Waals surface area contributed by atoms with Gasteiger partial charge in [-0.15, -0.1) is 0 Å². The normalized spacial score (nSPS) is 21.5. The van der Waals surface area contributed by atoms with E-state index in [4.69, 9.17) is 4.52 Å². The van der Waals surface area contributed by atoms with Crippen LogP contribution in [0.3, 0.4) is 0 Å². The second-order valence-electron chi connectivity index (χ2n) is 7.08. The molecule has 0 spiro atoms. The number of hydrogen-bond acceptors (Lipinski definition) is 4. The van der Waals surface area contributed by atoms with Crippen molar-refractivity contribution < 1.29 is 9.32 Å². The summed E-state index contributed by atoms with van der Waals surface area (Å²) in [5, 5.41) is 4.15. The van der Waals surface area contributed by atoms with Gasteiger partial charge >= 0.3 is 0 Å². The molecule has 4 rings (SSSR count). The summed E-state index contributed by atoms with van der Waals surface area (Å²) >= 11 is 0. The quantitative estimate of drug-likeness (QED) is 0.866. The first-order chi connectivity index (χ1) is 11.7. The summed E-state index contributed by atoms with van der Waals surface area (Å²) in [6, 6.07) is 8.10. The van der Waals surface area contributed by atoms with E-state index in [0.717, 1.165) is 37.8 Å². The number of likely N-dealkylation sites (tertiary alicyclic amines) is 1. The molecule has 0 unspecified atom stereocenters. The van der Waals surface area contributed by atoms with E-state index in [1.54, 1.807) is 0 Å². The summed E-state index contributed by atoms with van der Waals surface area (Å²) in [7, 11) is 0. The van der Waals surface area contributed by atoms with Gasteiger partial charge in [-0.1, -0.05) is 35.3 Å². The van der Waals surface area contributed by atoms with Crippen molar-refractivity contribution in [3.63, 3.8) is 0 Å². The van der Waals surface area contributed by atoms with E-state index < -0.39 is 0 Å². The molecule has 1 saturated heterocycles. The van der Waals surface area contributed by atoms with Crippen LogP contribution in [0.25, 0.3) is 11.4 Å². The van der Waals surface area contributed by atoms with Crippen LogP contribution in [0.4, 0.5) is 0 Å². The van der Waals surface area contributed by atoms with Crippen molar-refractivity contribution in [1.82, 2.24) is 15.0 Å². The number of rotatable bonds is 3. The van der Waals surface area contributed by atoms with E-state index >= 15 is 0 Å². The van der Waals surface area contributed by atoms with Crippen molar-refractivity contribution in [2.24, 2.45) is 5.92 Å². The summed E-state index contributed by atoms with van der Waals surface area (Å²) < 4.78 is 5.53. The molecule has 0 radical (unpaired) electrons. The number of nitrogens with zero attached hydrogens (tertiary/aromatic N) is 3. The Labute approximate surface area is 142 Å². The first kappa shape index (κ1) is 15.4. The minimum atomic E-state index is 0.161. The van der Waals surface area contributed by atoms with Crippen molar-refractivity contribution in [3.8, 4) is 11.4 Å². The largest absolute Gasteiger partial charge is 0.342 e. The van der Waals surface area contributed by atoms with Crippen molar-refractivity contribution in [2.75, 3.05) is 13.1 Å². The first-order valence-electron chi connectivity index (χ1n) is 8.90. The molecular formula is C19H23N3O2. The van der Waals surface area contributed by atoms with Gasteiger partial charge in [-0.3, -0.25) is 4.79 Å². The van der Waals surface area contributed by atoms with Gasteiger partial charge in [0.2, 0.25) is 17.6 Å². The highest BCUT2D eigenvalue weighted by molar-refractivity contribution is 5.79. The molecule has 2 fully saturated rings. The second kappa shape index (κ2) is 6.38. The van der Waals surface area contributed by atoms with E-state index in [2.05, 4.69) is 29.2 Å². The Balaban J connectivity index is 1.48. The number of piperidine rings is 1. The van der Waals surface area contributed by atoms with E-state index in [0.29, 0.717) is 24.2 Å². The average Bonchev–Trinajstić information content (AvgIpc) is 3.03. The van der Waals surface area contributed by atoms with Crippen LogP contribution < -0.4 is 0 Å². The molecule has 0 bridgehead atoms. The molecule has 126 valence electrons. The maximum atomic E-state index is 12.5. The minimum Gasteiger partial charge on any atom is -0.342 e.